The molecule has 3 aromatic heterocycles. The second-order valence-corrected chi connectivity index (χ2v) is 7.62. The van der Waals surface area contributed by atoms with Crippen molar-refractivity contribution in [3.63, 3.8) is 0 Å². The number of hydrogen-bond acceptors (Lipinski definition) is 5. The van der Waals surface area contributed by atoms with Gasteiger partial charge in [0.25, 0.3) is 5.91 Å². The molecule has 0 radical (unpaired) electrons. The van der Waals surface area contributed by atoms with Gasteiger partial charge in [-0.25, -0.2) is 4.98 Å². The summed E-state index contributed by atoms with van der Waals surface area (Å²) >= 11 is 0. The van der Waals surface area contributed by atoms with E-state index >= 15 is 0 Å². The van der Waals surface area contributed by atoms with Gasteiger partial charge in [0.05, 0.1) is 22.9 Å². The molecule has 0 saturated carbocycles. The maximum atomic E-state index is 13.2. The first kappa shape index (κ1) is 20.3. The summed E-state index contributed by atoms with van der Waals surface area (Å²) < 4.78 is 7.12. The zero-order valence-electron chi connectivity index (χ0n) is 17.8. The second kappa shape index (κ2) is 8.06. The first-order chi connectivity index (χ1) is 14.8. The topological polar surface area (TPSA) is 102 Å². The minimum atomic E-state index is -0.282. The molecular formula is C23H23N5O3. The number of furan rings is 1. The van der Waals surface area contributed by atoms with Gasteiger partial charge in [0.2, 0.25) is 5.91 Å². The number of anilines is 2. The van der Waals surface area contributed by atoms with Crippen LogP contribution in [0.2, 0.25) is 0 Å². The summed E-state index contributed by atoms with van der Waals surface area (Å²) in [6.07, 6.45) is 1.56. The van der Waals surface area contributed by atoms with E-state index in [1.807, 2.05) is 20.8 Å². The molecule has 1 aromatic carbocycles. The Morgan fingerprint density at radius 1 is 1.06 bits per heavy atom. The van der Waals surface area contributed by atoms with Crippen molar-refractivity contribution in [2.75, 3.05) is 10.6 Å². The minimum absolute atomic E-state index is 0.0616. The standard InChI is InChI=1S/C23H23N5O3/c1-13(2)22(29)24-15-7-9-16(10-8-15)25-23(30)17-12-18(19-6-5-11-31-19)26-21-20(17)14(3)27-28(21)4/h5-13H,1-4H3,(H,24,29)(H,25,30). The number of fused-ring (bicyclic) bond motifs is 1. The Morgan fingerprint density at radius 2 is 1.74 bits per heavy atom. The van der Waals surface area contributed by atoms with Crippen LogP contribution in [-0.2, 0) is 11.8 Å². The Hall–Kier alpha value is -3.94. The Balaban J connectivity index is 1.65. The smallest absolute Gasteiger partial charge is 0.256 e. The molecule has 158 valence electrons. The fourth-order valence-electron chi connectivity index (χ4n) is 3.30. The summed E-state index contributed by atoms with van der Waals surface area (Å²) in [5.41, 5.74) is 3.61. The predicted octanol–water partition coefficient (Wildman–Crippen LogP) is 4.38. The fourth-order valence-corrected chi connectivity index (χ4v) is 3.30. The van der Waals surface area contributed by atoms with E-state index in [1.165, 1.54) is 0 Å². The number of benzene rings is 1. The van der Waals surface area contributed by atoms with E-state index in [4.69, 9.17) is 4.42 Å². The van der Waals surface area contributed by atoms with Gasteiger partial charge in [0, 0.05) is 24.3 Å². The highest BCUT2D eigenvalue weighted by Crippen LogP contribution is 2.28. The number of hydrogen-bond donors (Lipinski definition) is 2. The van der Waals surface area contributed by atoms with Gasteiger partial charge in [0.15, 0.2) is 11.4 Å². The lowest BCUT2D eigenvalue weighted by Crippen LogP contribution is -2.17. The van der Waals surface area contributed by atoms with Crippen LogP contribution in [-0.4, -0.2) is 26.6 Å². The van der Waals surface area contributed by atoms with Crippen molar-refractivity contribution in [3.05, 3.63) is 60.0 Å². The van der Waals surface area contributed by atoms with Crippen LogP contribution in [0.3, 0.4) is 0 Å². The van der Waals surface area contributed by atoms with Crippen molar-refractivity contribution in [2.24, 2.45) is 13.0 Å². The van der Waals surface area contributed by atoms with Gasteiger partial charge in [-0.2, -0.15) is 5.10 Å². The highest BCUT2D eigenvalue weighted by atomic mass is 16.3. The molecule has 31 heavy (non-hydrogen) atoms. The number of carbonyl (C=O) groups is 2. The van der Waals surface area contributed by atoms with Crippen LogP contribution in [0.1, 0.15) is 29.9 Å². The molecule has 0 aliphatic carbocycles. The zero-order valence-corrected chi connectivity index (χ0v) is 17.8. The SMILES string of the molecule is Cc1nn(C)c2nc(-c3ccco3)cc(C(=O)Nc3ccc(NC(=O)C(C)C)cc3)c12. The van der Waals surface area contributed by atoms with E-state index in [9.17, 15) is 9.59 Å². The van der Waals surface area contributed by atoms with Gasteiger partial charge in [-0.05, 0) is 49.4 Å². The predicted molar refractivity (Wildman–Crippen MR) is 119 cm³/mol. The molecule has 0 aliphatic heterocycles. The van der Waals surface area contributed by atoms with E-state index in [0.29, 0.717) is 45.1 Å². The lowest BCUT2D eigenvalue weighted by Gasteiger charge is -2.10. The lowest BCUT2D eigenvalue weighted by atomic mass is 10.1. The number of pyridine rings is 1. The normalized spacial score (nSPS) is 11.1. The second-order valence-electron chi connectivity index (χ2n) is 7.62. The molecule has 8 heteroatoms. The third-order valence-electron chi connectivity index (χ3n) is 4.92. The molecule has 0 bridgehead atoms. The third kappa shape index (κ3) is 4.05. The Kier molecular flexibility index (Phi) is 5.29. The number of nitrogens with zero attached hydrogens (tertiary/aromatic N) is 3. The summed E-state index contributed by atoms with van der Waals surface area (Å²) in [5.74, 6) is 0.114. The molecule has 4 aromatic rings. The fraction of sp³-hybridized carbons (Fsp3) is 0.217. The first-order valence-electron chi connectivity index (χ1n) is 9.94. The van der Waals surface area contributed by atoms with E-state index in [-0.39, 0.29) is 17.7 Å². The van der Waals surface area contributed by atoms with Crippen molar-refractivity contribution >= 4 is 34.2 Å². The van der Waals surface area contributed by atoms with Crippen molar-refractivity contribution in [1.82, 2.24) is 14.8 Å². The highest BCUT2D eigenvalue weighted by molar-refractivity contribution is 6.13. The molecule has 4 rings (SSSR count). The Morgan fingerprint density at radius 3 is 2.35 bits per heavy atom. The summed E-state index contributed by atoms with van der Waals surface area (Å²) in [6, 6.07) is 12.3. The van der Waals surface area contributed by atoms with Crippen LogP contribution in [0.25, 0.3) is 22.5 Å². The van der Waals surface area contributed by atoms with Gasteiger partial charge < -0.3 is 15.1 Å². The molecular weight excluding hydrogens is 394 g/mol. The maximum absolute atomic E-state index is 13.2. The highest BCUT2D eigenvalue weighted by Gasteiger charge is 2.20. The average molecular weight is 417 g/mol. The molecule has 0 atom stereocenters. The van der Waals surface area contributed by atoms with Crippen molar-refractivity contribution in [3.8, 4) is 11.5 Å². The molecule has 2 N–H and O–H groups in total. The Labute approximate surface area is 179 Å². The molecule has 2 amide bonds. The molecule has 8 nitrogen and oxygen atoms in total. The monoisotopic (exact) mass is 417 g/mol. The molecule has 0 unspecified atom stereocenters. The van der Waals surface area contributed by atoms with Crippen molar-refractivity contribution in [1.29, 1.82) is 0 Å². The molecule has 0 fully saturated rings. The van der Waals surface area contributed by atoms with Gasteiger partial charge in [0.1, 0.15) is 5.69 Å². The summed E-state index contributed by atoms with van der Waals surface area (Å²) in [4.78, 5) is 29.7. The number of rotatable bonds is 5. The minimum Gasteiger partial charge on any atom is -0.463 e. The maximum Gasteiger partial charge on any atom is 0.256 e. The van der Waals surface area contributed by atoms with Gasteiger partial charge in [-0.15, -0.1) is 0 Å². The van der Waals surface area contributed by atoms with E-state index in [2.05, 4.69) is 20.7 Å². The van der Waals surface area contributed by atoms with Gasteiger partial charge in [-0.3, -0.25) is 14.3 Å². The number of carbonyl (C=O) groups excluding carboxylic acids is 2. The number of aryl methyl sites for hydroxylation is 2. The van der Waals surface area contributed by atoms with Crippen LogP contribution in [0.4, 0.5) is 11.4 Å². The van der Waals surface area contributed by atoms with Gasteiger partial charge >= 0.3 is 0 Å². The van der Waals surface area contributed by atoms with E-state index in [1.54, 1.807) is 60.5 Å². The summed E-state index contributed by atoms with van der Waals surface area (Å²) in [5, 5.41) is 10.9. The average Bonchev–Trinajstić information content (AvgIpc) is 3.37. The molecule has 3 heterocycles. The zero-order chi connectivity index (χ0) is 22.1. The summed E-state index contributed by atoms with van der Waals surface area (Å²) in [7, 11) is 1.79. The lowest BCUT2D eigenvalue weighted by molar-refractivity contribution is -0.118. The van der Waals surface area contributed by atoms with E-state index in [0.717, 1.165) is 0 Å². The number of nitrogens with one attached hydrogen (secondary N) is 2. The Bertz CT molecular complexity index is 1250. The van der Waals surface area contributed by atoms with Crippen molar-refractivity contribution < 1.29 is 14.0 Å². The van der Waals surface area contributed by atoms with Crippen LogP contribution in [0.15, 0.2) is 53.1 Å². The van der Waals surface area contributed by atoms with Crippen molar-refractivity contribution in [2.45, 2.75) is 20.8 Å². The quantitative estimate of drug-likeness (QED) is 0.502. The van der Waals surface area contributed by atoms with Crippen LogP contribution >= 0.6 is 0 Å². The largest absolute Gasteiger partial charge is 0.463 e. The molecule has 0 saturated heterocycles. The third-order valence-corrected chi connectivity index (χ3v) is 4.92. The van der Waals surface area contributed by atoms with Crippen LogP contribution < -0.4 is 10.6 Å². The summed E-state index contributed by atoms with van der Waals surface area (Å²) in [6.45, 7) is 5.51. The van der Waals surface area contributed by atoms with E-state index < -0.39 is 0 Å². The first-order valence-corrected chi connectivity index (χ1v) is 9.94. The molecule has 0 spiro atoms. The van der Waals surface area contributed by atoms with Gasteiger partial charge in [-0.1, -0.05) is 13.8 Å². The number of amides is 2. The van der Waals surface area contributed by atoms with Crippen LogP contribution in [0, 0.1) is 12.8 Å². The number of aromatic nitrogens is 3. The molecule has 0 aliphatic rings. The van der Waals surface area contributed by atoms with Crippen LogP contribution in [0.5, 0.6) is 0 Å².